The first-order valence-corrected chi connectivity index (χ1v) is 6.79. The molecule has 1 atom stereocenters. The summed E-state index contributed by atoms with van der Waals surface area (Å²) >= 11 is 0. The Morgan fingerprint density at radius 2 is 2.05 bits per heavy atom. The number of hydrogen-bond acceptors (Lipinski definition) is 6. The molecule has 110 valence electrons. The molecular weight excluding hydrogens is 254 g/mol. The third kappa shape index (κ3) is 2.73. The first kappa shape index (κ1) is 14.7. The normalized spacial score (nSPS) is 13.4. The second-order valence-corrected chi connectivity index (χ2v) is 5.54. The van der Waals surface area contributed by atoms with Gasteiger partial charge >= 0.3 is 0 Å². The van der Waals surface area contributed by atoms with E-state index in [0.717, 1.165) is 16.9 Å². The molecule has 2 aromatic rings. The molecule has 2 rings (SSSR count). The molecule has 1 unspecified atom stereocenters. The highest BCUT2D eigenvalue weighted by Crippen LogP contribution is 2.19. The molecule has 0 aliphatic rings. The van der Waals surface area contributed by atoms with E-state index in [0.29, 0.717) is 24.3 Å². The summed E-state index contributed by atoms with van der Waals surface area (Å²) in [4.78, 5) is 11.3. The highest BCUT2D eigenvalue weighted by atomic mass is 15.3. The standard InChI is InChI=1S/C13H23N7/c1-8(2)9(3)19(4)7-11-16-12(18-14)10-6-15-20(5)13(10)17-11/h6,8-9H,7,14H2,1-5H3,(H,16,17,18). The average Bonchev–Trinajstić information content (AvgIpc) is 2.78. The van der Waals surface area contributed by atoms with Gasteiger partial charge in [0.15, 0.2) is 11.5 Å². The minimum atomic E-state index is 0.454. The van der Waals surface area contributed by atoms with Crippen LogP contribution in [0.25, 0.3) is 11.0 Å². The van der Waals surface area contributed by atoms with Crippen molar-refractivity contribution in [2.75, 3.05) is 12.5 Å². The van der Waals surface area contributed by atoms with E-state index in [-0.39, 0.29) is 0 Å². The molecule has 0 spiro atoms. The smallest absolute Gasteiger partial charge is 0.163 e. The number of anilines is 1. The number of nitrogen functional groups attached to an aromatic ring is 1. The summed E-state index contributed by atoms with van der Waals surface area (Å²) in [6, 6.07) is 0.454. The second kappa shape index (κ2) is 5.72. The lowest BCUT2D eigenvalue weighted by molar-refractivity contribution is 0.196. The number of hydrogen-bond donors (Lipinski definition) is 2. The van der Waals surface area contributed by atoms with Crippen LogP contribution in [0.5, 0.6) is 0 Å². The topological polar surface area (TPSA) is 84.9 Å². The summed E-state index contributed by atoms with van der Waals surface area (Å²) in [6.07, 6.45) is 1.72. The van der Waals surface area contributed by atoms with Crippen LogP contribution in [0, 0.1) is 5.92 Å². The van der Waals surface area contributed by atoms with E-state index in [1.54, 1.807) is 10.9 Å². The maximum Gasteiger partial charge on any atom is 0.163 e. The van der Waals surface area contributed by atoms with Crippen molar-refractivity contribution in [3.63, 3.8) is 0 Å². The monoisotopic (exact) mass is 277 g/mol. The Hall–Kier alpha value is -1.73. The van der Waals surface area contributed by atoms with Crippen molar-refractivity contribution < 1.29 is 0 Å². The molecule has 20 heavy (non-hydrogen) atoms. The van der Waals surface area contributed by atoms with Gasteiger partial charge < -0.3 is 5.43 Å². The molecule has 0 saturated carbocycles. The van der Waals surface area contributed by atoms with Gasteiger partial charge in [-0.1, -0.05) is 13.8 Å². The molecule has 0 amide bonds. The van der Waals surface area contributed by atoms with Gasteiger partial charge in [-0.05, 0) is 19.9 Å². The third-order valence-electron chi connectivity index (χ3n) is 3.83. The van der Waals surface area contributed by atoms with Crippen LogP contribution < -0.4 is 11.3 Å². The predicted octanol–water partition coefficient (Wildman–Crippen LogP) is 1.13. The Morgan fingerprint density at radius 3 is 2.65 bits per heavy atom. The maximum absolute atomic E-state index is 5.54. The number of nitrogens with one attached hydrogen (secondary N) is 1. The Balaban J connectivity index is 2.33. The van der Waals surface area contributed by atoms with Gasteiger partial charge in [0.25, 0.3) is 0 Å². The maximum atomic E-state index is 5.54. The number of hydrazine groups is 1. The summed E-state index contributed by atoms with van der Waals surface area (Å²) in [7, 11) is 3.94. The van der Waals surface area contributed by atoms with Crippen molar-refractivity contribution >= 4 is 16.9 Å². The first-order valence-electron chi connectivity index (χ1n) is 6.79. The summed E-state index contributed by atoms with van der Waals surface area (Å²) in [6.45, 7) is 7.29. The number of aryl methyl sites for hydroxylation is 1. The van der Waals surface area contributed by atoms with Gasteiger partial charge in [0.2, 0.25) is 0 Å². The van der Waals surface area contributed by atoms with Crippen LogP contribution in [0.15, 0.2) is 6.20 Å². The highest BCUT2D eigenvalue weighted by Gasteiger charge is 2.16. The van der Waals surface area contributed by atoms with Crippen molar-refractivity contribution in [2.24, 2.45) is 18.8 Å². The fourth-order valence-corrected chi connectivity index (χ4v) is 2.12. The van der Waals surface area contributed by atoms with Crippen LogP contribution in [-0.2, 0) is 13.6 Å². The molecule has 2 heterocycles. The van der Waals surface area contributed by atoms with E-state index in [4.69, 9.17) is 5.84 Å². The third-order valence-corrected chi connectivity index (χ3v) is 3.83. The average molecular weight is 277 g/mol. The van der Waals surface area contributed by atoms with Crippen molar-refractivity contribution in [3.8, 4) is 0 Å². The number of rotatable bonds is 5. The molecule has 7 heteroatoms. The summed E-state index contributed by atoms with van der Waals surface area (Å²) in [5, 5.41) is 5.02. The van der Waals surface area contributed by atoms with Gasteiger partial charge in [-0.25, -0.2) is 15.8 Å². The zero-order chi connectivity index (χ0) is 14.9. The van der Waals surface area contributed by atoms with Crippen molar-refractivity contribution in [1.82, 2.24) is 24.6 Å². The Morgan fingerprint density at radius 1 is 1.35 bits per heavy atom. The SMILES string of the molecule is CC(C)C(C)N(C)Cc1nc(NN)c2cnn(C)c2n1. The molecule has 0 aliphatic heterocycles. The molecule has 0 fully saturated rings. The van der Waals surface area contributed by atoms with E-state index in [2.05, 4.69) is 53.2 Å². The molecule has 0 radical (unpaired) electrons. The van der Waals surface area contributed by atoms with E-state index in [9.17, 15) is 0 Å². The van der Waals surface area contributed by atoms with Gasteiger partial charge in [0, 0.05) is 13.1 Å². The highest BCUT2D eigenvalue weighted by molar-refractivity contribution is 5.86. The molecule has 0 saturated heterocycles. The molecular formula is C13H23N7. The van der Waals surface area contributed by atoms with Gasteiger partial charge in [-0.3, -0.25) is 9.58 Å². The molecule has 0 bridgehead atoms. The van der Waals surface area contributed by atoms with Crippen LogP contribution in [-0.4, -0.2) is 37.7 Å². The number of aromatic nitrogens is 4. The fraction of sp³-hybridized carbons (Fsp3) is 0.615. The lowest BCUT2D eigenvalue weighted by atomic mass is 10.1. The summed E-state index contributed by atoms with van der Waals surface area (Å²) in [5.74, 6) is 7.47. The van der Waals surface area contributed by atoms with Crippen LogP contribution in [0.1, 0.15) is 26.6 Å². The molecule has 2 aromatic heterocycles. The van der Waals surface area contributed by atoms with E-state index in [1.165, 1.54) is 0 Å². The molecule has 7 nitrogen and oxygen atoms in total. The largest absolute Gasteiger partial charge is 0.308 e. The molecule has 0 aromatic carbocycles. The Bertz CT molecular complexity index is 590. The zero-order valence-electron chi connectivity index (χ0n) is 12.8. The minimum absolute atomic E-state index is 0.454. The second-order valence-electron chi connectivity index (χ2n) is 5.54. The minimum Gasteiger partial charge on any atom is -0.308 e. The predicted molar refractivity (Wildman–Crippen MR) is 79.9 cm³/mol. The molecule has 3 N–H and O–H groups in total. The number of nitrogens with two attached hydrogens (primary N) is 1. The summed E-state index contributed by atoms with van der Waals surface area (Å²) in [5.41, 5.74) is 3.41. The number of nitrogens with zero attached hydrogens (tertiary/aromatic N) is 5. The van der Waals surface area contributed by atoms with Gasteiger partial charge in [0.1, 0.15) is 5.82 Å². The first-order chi connectivity index (χ1) is 9.43. The van der Waals surface area contributed by atoms with Gasteiger partial charge in [-0.2, -0.15) is 5.10 Å². The van der Waals surface area contributed by atoms with Crippen LogP contribution in [0.2, 0.25) is 0 Å². The van der Waals surface area contributed by atoms with Gasteiger partial charge in [-0.15, -0.1) is 0 Å². The van der Waals surface area contributed by atoms with E-state index in [1.807, 2.05) is 7.05 Å². The van der Waals surface area contributed by atoms with E-state index < -0.39 is 0 Å². The van der Waals surface area contributed by atoms with Crippen molar-refractivity contribution in [2.45, 2.75) is 33.4 Å². The van der Waals surface area contributed by atoms with Crippen molar-refractivity contribution in [3.05, 3.63) is 12.0 Å². The summed E-state index contributed by atoms with van der Waals surface area (Å²) < 4.78 is 1.73. The zero-order valence-corrected chi connectivity index (χ0v) is 12.8. The van der Waals surface area contributed by atoms with Crippen molar-refractivity contribution in [1.29, 1.82) is 0 Å². The lowest BCUT2D eigenvalue weighted by Crippen LogP contribution is -2.33. The Kier molecular flexibility index (Phi) is 4.20. The van der Waals surface area contributed by atoms with Crippen LogP contribution in [0.3, 0.4) is 0 Å². The molecule has 0 aliphatic carbocycles. The Labute approximate surface area is 119 Å². The van der Waals surface area contributed by atoms with Crippen LogP contribution in [0.4, 0.5) is 5.82 Å². The lowest BCUT2D eigenvalue weighted by Gasteiger charge is -2.27. The quantitative estimate of drug-likeness (QED) is 0.629. The number of fused-ring (bicyclic) bond motifs is 1. The van der Waals surface area contributed by atoms with Gasteiger partial charge in [0.05, 0.1) is 18.1 Å². The van der Waals surface area contributed by atoms with E-state index >= 15 is 0 Å². The van der Waals surface area contributed by atoms with Crippen LogP contribution >= 0.6 is 0 Å². The fourth-order valence-electron chi connectivity index (χ4n) is 2.12.